The van der Waals surface area contributed by atoms with E-state index >= 15 is 0 Å². The van der Waals surface area contributed by atoms with Gasteiger partial charge in [0.15, 0.2) is 0 Å². The average molecular weight is 426 g/mol. The summed E-state index contributed by atoms with van der Waals surface area (Å²) >= 11 is 0. The number of carbonyl (C=O) groups excluding carboxylic acids is 1. The standard InChI is InChI=1S/C22H23N3O4S/c1-16-3-13-21(14-4-16)30(27,28)25(19-9-11-20(29-2)12-10-19)15-22(26)24-18-7-5-17(23)6-8-18/h3-14H,15,23H2,1-2H3,(H,24,26). The zero-order valence-corrected chi connectivity index (χ0v) is 17.5. The number of carbonyl (C=O) groups is 1. The van der Waals surface area contributed by atoms with Gasteiger partial charge < -0.3 is 15.8 Å². The molecule has 0 aliphatic carbocycles. The molecule has 0 heterocycles. The molecule has 3 rings (SSSR count). The van der Waals surface area contributed by atoms with Gasteiger partial charge in [0.1, 0.15) is 12.3 Å². The third kappa shape index (κ3) is 4.90. The molecule has 156 valence electrons. The van der Waals surface area contributed by atoms with Gasteiger partial charge in [-0.25, -0.2) is 8.42 Å². The van der Waals surface area contributed by atoms with Gasteiger partial charge >= 0.3 is 0 Å². The van der Waals surface area contributed by atoms with Crippen molar-refractivity contribution in [3.63, 3.8) is 0 Å². The lowest BCUT2D eigenvalue weighted by atomic mass is 10.2. The monoisotopic (exact) mass is 425 g/mol. The van der Waals surface area contributed by atoms with Gasteiger partial charge in [0.2, 0.25) is 5.91 Å². The van der Waals surface area contributed by atoms with Crippen LogP contribution in [0.2, 0.25) is 0 Å². The fourth-order valence-corrected chi connectivity index (χ4v) is 4.22. The number of rotatable bonds is 7. The van der Waals surface area contributed by atoms with E-state index in [0.29, 0.717) is 22.8 Å². The van der Waals surface area contributed by atoms with Crippen LogP contribution in [0.25, 0.3) is 0 Å². The van der Waals surface area contributed by atoms with E-state index in [1.165, 1.54) is 19.2 Å². The van der Waals surface area contributed by atoms with Crippen LogP contribution in [-0.4, -0.2) is 28.0 Å². The van der Waals surface area contributed by atoms with Crippen molar-refractivity contribution in [2.45, 2.75) is 11.8 Å². The Labute approximate surface area is 176 Å². The van der Waals surface area contributed by atoms with Crippen LogP contribution >= 0.6 is 0 Å². The van der Waals surface area contributed by atoms with Crippen molar-refractivity contribution in [1.82, 2.24) is 0 Å². The summed E-state index contributed by atoms with van der Waals surface area (Å²) in [5.74, 6) is 0.101. The molecule has 30 heavy (non-hydrogen) atoms. The second-order valence-electron chi connectivity index (χ2n) is 6.69. The summed E-state index contributed by atoms with van der Waals surface area (Å²) in [4.78, 5) is 12.8. The Morgan fingerprint density at radius 3 is 2.13 bits per heavy atom. The Balaban J connectivity index is 1.93. The number of aryl methyl sites for hydroxylation is 1. The first-order valence-corrected chi connectivity index (χ1v) is 10.6. The van der Waals surface area contributed by atoms with Crippen LogP contribution in [-0.2, 0) is 14.8 Å². The molecule has 0 saturated heterocycles. The minimum Gasteiger partial charge on any atom is -0.497 e. The van der Waals surface area contributed by atoms with Crippen molar-refractivity contribution in [3.05, 3.63) is 78.4 Å². The largest absolute Gasteiger partial charge is 0.497 e. The van der Waals surface area contributed by atoms with E-state index < -0.39 is 22.5 Å². The van der Waals surface area contributed by atoms with Crippen molar-refractivity contribution >= 4 is 33.0 Å². The van der Waals surface area contributed by atoms with Gasteiger partial charge in [-0.3, -0.25) is 9.10 Å². The molecular weight excluding hydrogens is 402 g/mol. The van der Waals surface area contributed by atoms with Crippen molar-refractivity contribution in [2.24, 2.45) is 0 Å². The van der Waals surface area contributed by atoms with Gasteiger partial charge in [0.25, 0.3) is 10.0 Å². The van der Waals surface area contributed by atoms with Crippen LogP contribution in [0.5, 0.6) is 5.75 Å². The Morgan fingerprint density at radius 1 is 0.967 bits per heavy atom. The summed E-state index contributed by atoms with van der Waals surface area (Å²) in [5, 5.41) is 2.70. The van der Waals surface area contributed by atoms with E-state index in [2.05, 4.69) is 5.32 Å². The number of benzene rings is 3. The molecule has 7 nitrogen and oxygen atoms in total. The van der Waals surface area contributed by atoms with Crippen LogP contribution in [0.15, 0.2) is 77.7 Å². The number of hydrogen-bond donors (Lipinski definition) is 2. The smallest absolute Gasteiger partial charge is 0.264 e. The van der Waals surface area contributed by atoms with Crippen LogP contribution < -0.4 is 20.1 Å². The Kier molecular flexibility index (Phi) is 6.27. The first kappa shape index (κ1) is 21.2. The molecule has 0 radical (unpaired) electrons. The van der Waals surface area contributed by atoms with Crippen molar-refractivity contribution in [1.29, 1.82) is 0 Å². The number of anilines is 3. The molecule has 0 bridgehead atoms. The fourth-order valence-electron chi connectivity index (χ4n) is 2.80. The van der Waals surface area contributed by atoms with Crippen molar-refractivity contribution in [2.75, 3.05) is 29.0 Å². The maximum absolute atomic E-state index is 13.3. The molecule has 3 aromatic rings. The van der Waals surface area contributed by atoms with Crippen LogP contribution in [0, 0.1) is 6.92 Å². The maximum Gasteiger partial charge on any atom is 0.264 e. The first-order valence-electron chi connectivity index (χ1n) is 9.18. The molecule has 1 amide bonds. The Morgan fingerprint density at radius 2 is 1.57 bits per heavy atom. The highest BCUT2D eigenvalue weighted by molar-refractivity contribution is 7.92. The lowest BCUT2D eigenvalue weighted by Crippen LogP contribution is -2.38. The van der Waals surface area contributed by atoms with E-state index in [0.717, 1.165) is 9.87 Å². The molecule has 0 unspecified atom stereocenters. The number of nitrogens with one attached hydrogen (secondary N) is 1. The van der Waals surface area contributed by atoms with E-state index in [4.69, 9.17) is 10.5 Å². The Bertz CT molecular complexity index is 1110. The number of methoxy groups -OCH3 is 1. The molecule has 0 aromatic heterocycles. The van der Waals surface area contributed by atoms with Crippen molar-refractivity contribution in [3.8, 4) is 5.75 Å². The second kappa shape index (κ2) is 8.87. The van der Waals surface area contributed by atoms with Crippen molar-refractivity contribution < 1.29 is 17.9 Å². The molecule has 0 fully saturated rings. The number of ether oxygens (including phenoxy) is 1. The van der Waals surface area contributed by atoms with Crippen LogP contribution in [0.3, 0.4) is 0 Å². The SMILES string of the molecule is COc1ccc(N(CC(=O)Nc2ccc(N)cc2)S(=O)(=O)c2ccc(C)cc2)cc1. The second-order valence-corrected chi connectivity index (χ2v) is 8.56. The molecule has 0 atom stereocenters. The van der Waals surface area contributed by atoms with Crippen LogP contribution in [0.1, 0.15) is 5.56 Å². The molecular formula is C22H23N3O4S. The molecule has 0 aliphatic rings. The summed E-state index contributed by atoms with van der Waals surface area (Å²) in [7, 11) is -2.45. The van der Waals surface area contributed by atoms with Gasteiger partial charge in [-0.2, -0.15) is 0 Å². The zero-order chi connectivity index (χ0) is 21.7. The minimum absolute atomic E-state index is 0.101. The minimum atomic E-state index is -3.97. The van der Waals surface area contributed by atoms with Crippen LogP contribution in [0.4, 0.5) is 17.1 Å². The Hall–Kier alpha value is -3.52. The van der Waals surface area contributed by atoms with Gasteiger partial charge in [-0.1, -0.05) is 17.7 Å². The normalized spacial score (nSPS) is 11.0. The first-order chi connectivity index (χ1) is 14.3. The molecule has 8 heteroatoms. The summed E-state index contributed by atoms with van der Waals surface area (Å²) < 4.78 is 32.9. The summed E-state index contributed by atoms with van der Waals surface area (Å²) in [6.07, 6.45) is 0. The summed E-state index contributed by atoms with van der Waals surface area (Å²) in [5.41, 5.74) is 8.04. The van der Waals surface area contributed by atoms with Gasteiger partial charge in [0.05, 0.1) is 17.7 Å². The number of nitrogens with two attached hydrogens (primary N) is 1. The zero-order valence-electron chi connectivity index (χ0n) is 16.7. The number of nitrogen functional groups attached to an aromatic ring is 1. The lowest BCUT2D eigenvalue weighted by molar-refractivity contribution is -0.114. The number of hydrogen-bond acceptors (Lipinski definition) is 5. The van der Waals surface area contributed by atoms with E-state index in [1.54, 1.807) is 60.7 Å². The highest BCUT2D eigenvalue weighted by atomic mass is 32.2. The summed E-state index contributed by atoms with van der Waals surface area (Å²) in [6.45, 7) is 1.48. The number of amides is 1. The highest BCUT2D eigenvalue weighted by Gasteiger charge is 2.27. The maximum atomic E-state index is 13.3. The van der Waals surface area contributed by atoms with E-state index in [-0.39, 0.29) is 4.90 Å². The lowest BCUT2D eigenvalue weighted by Gasteiger charge is -2.24. The molecule has 3 N–H and O–H groups in total. The molecule has 0 spiro atoms. The number of nitrogens with zero attached hydrogens (tertiary/aromatic N) is 1. The topological polar surface area (TPSA) is 102 Å². The third-order valence-corrected chi connectivity index (χ3v) is 6.24. The molecule has 0 saturated carbocycles. The molecule has 3 aromatic carbocycles. The predicted octanol–water partition coefficient (Wildman–Crippen LogP) is 3.42. The van der Waals surface area contributed by atoms with Gasteiger partial charge in [0, 0.05) is 11.4 Å². The van der Waals surface area contributed by atoms with Gasteiger partial charge in [-0.15, -0.1) is 0 Å². The van der Waals surface area contributed by atoms with E-state index in [9.17, 15) is 13.2 Å². The summed E-state index contributed by atoms with van der Waals surface area (Å²) in [6, 6.07) is 19.6. The number of sulfonamides is 1. The quantitative estimate of drug-likeness (QED) is 0.565. The average Bonchev–Trinajstić information content (AvgIpc) is 2.74. The fraction of sp³-hybridized carbons (Fsp3) is 0.136. The molecule has 0 aliphatic heterocycles. The highest BCUT2D eigenvalue weighted by Crippen LogP contribution is 2.26. The predicted molar refractivity (Wildman–Crippen MR) is 118 cm³/mol. The van der Waals surface area contributed by atoms with E-state index in [1.807, 2.05) is 6.92 Å². The van der Waals surface area contributed by atoms with Gasteiger partial charge in [-0.05, 0) is 67.6 Å². The third-order valence-electron chi connectivity index (χ3n) is 4.45.